The summed E-state index contributed by atoms with van der Waals surface area (Å²) in [6, 6.07) is 3.57. The van der Waals surface area contributed by atoms with Crippen molar-refractivity contribution in [2.45, 2.75) is 19.3 Å². The van der Waals surface area contributed by atoms with Crippen molar-refractivity contribution < 1.29 is 9.59 Å². The molecule has 2 aromatic rings. The van der Waals surface area contributed by atoms with Gasteiger partial charge in [0, 0.05) is 26.2 Å². The van der Waals surface area contributed by atoms with Crippen LogP contribution in [0.4, 0.5) is 5.95 Å². The van der Waals surface area contributed by atoms with Crippen LogP contribution in [0.1, 0.15) is 39.4 Å². The summed E-state index contributed by atoms with van der Waals surface area (Å²) >= 11 is 7.46. The number of rotatable bonds is 6. The van der Waals surface area contributed by atoms with Gasteiger partial charge in [-0.3, -0.25) is 9.59 Å². The minimum absolute atomic E-state index is 0.151. The molecule has 3 rings (SSSR count). The zero-order valence-corrected chi connectivity index (χ0v) is 15.8. The largest absolute Gasteiger partial charge is 0.350 e. The van der Waals surface area contributed by atoms with Crippen LogP contribution in [0.15, 0.2) is 23.7 Å². The molecule has 1 fully saturated rings. The third kappa shape index (κ3) is 4.70. The van der Waals surface area contributed by atoms with Crippen molar-refractivity contribution in [3.05, 3.63) is 39.3 Å². The van der Waals surface area contributed by atoms with Crippen molar-refractivity contribution in [1.29, 1.82) is 0 Å². The molecule has 0 unspecified atom stereocenters. The van der Waals surface area contributed by atoms with Gasteiger partial charge < -0.3 is 15.5 Å². The van der Waals surface area contributed by atoms with Crippen molar-refractivity contribution in [2.24, 2.45) is 0 Å². The molecule has 138 valence electrons. The molecule has 0 saturated carbocycles. The van der Waals surface area contributed by atoms with Crippen molar-refractivity contribution in [1.82, 2.24) is 20.6 Å². The topological polar surface area (TPSA) is 87.2 Å². The second kappa shape index (κ2) is 8.95. The lowest BCUT2D eigenvalue weighted by Gasteiger charge is -2.26. The van der Waals surface area contributed by atoms with Gasteiger partial charge in [0.15, 0.2) is 5.69 Å². The molecule has 0 radical (unpaired) electrons. The van der Waals surface area contributed by atoms with Crippen LogP contribution in [0.2, 0.25) is 5.02 Å². The summed E-state index contributed by atoms with van der Waals surface area (Å²) < 4.78 is 0. The van der Waals surface area contributed by atoms with Crippen molar-refractivity contribution in [3.63, 3.8) is 0 Å². The fraction of sp³-hybridized carbons (Fsp3) is 0.412. The number of halogens is 1. The van der Waals surface area contributed by atoms with Gasteiger partial charge in [-0.2, -0.15) is 0 Å². The Labute approximate surface area is 160 Å². The Bertz CT molecular complexity index is 763. The van der Waals surface area contributed by atoms with Gasteiger partial charge in [0.25, 0.3) is 11.8 Å². The number of carbonyl (C=O) groups excluding carboxylic acids is 2. The van der Waals surface area contributed by atoms with Gasteiger partial charge >= 0.3 is 0 Å². The molecule has 1 saturated heterocycles. The first-order valence-corrected chi connectivity index (χ1v) is 9.78. The number of amides is 2. The number of aromatic nitrogens is 2. The molecular formula is C17H20ClN5O2S. The maximum Gasteiger partial charge on any atom is 0.271 e. The lowest BCUT2D eigenvalue weighted by molar-refractivity contribution is 0.0927. The second-order valence-corrected chi connectivity index (χ2v) is 7.26. The maximum atomic E-state index is 12.4. The Morgan fingerprint density at radius 2 is 1.88 bits per heavy atom. The third-order valence-corrected chi connectivity index (χ3v) is 5.17. The lowest BCUT2D eigenvalue weighted by atomic mass is 10.1. The number of anilines is 1. The second-order valence-electron chi connectivity index (χ2n) is 5.90. The Morgan fingerprint density at radius 3 is 2.58 bits per heavy atom. The zero-order chi connectivity index (χ0) is 18.4. The Balaban J connectivity index is 1.53. The number of thiophene rings is 1. The lowest BCUT2D eigenvalue weighted by Crippen LogP contribution is -2.35. The predicted molar refractivity (Wildman–Crippen MR) is 102 cm³/mol. The highest BCUT2D eigenvalue weighted by atomic mass is 35.5. The molecule has 2 aromatic heterocycles. The summed E-state index contributed by atoms with van der Waals surface area (Å²) in [5, 5.41) is 7.53. The molecule has 0 atom stereocenters. The van der Waals surface area contributed by atoms with E-state index in [2.05, 4.69) is 25.5 Å². The highest BCUT2D eigenvalue weighted by Crippen LogP contribution is 2.19. The zero-order valence-electron chi connectivity index (χ0n) is 14.2. The van der Waals surface area contributed by atoms with Gasteiger partial charge in [-0.25, -0.2) is 9.97 Å². The number of carbonyl (C=O) groups is 2. The molecule has 2 N–H and O–H groups in total. The van der Waals surface area contributed by atoms with Gasteiger partial charge in [0.05, 0.1) is 16.1 Å². The normalized spacial score (nSPS) is 14.1. The quantitative estimate of drug-likeness (QED) is 0.735. The van der Waals surface area contributed by atoms with E-state index in [1.54, 1.807) is 6.07 Å². The molecule has 1 aliphatic heterocycles. The van der Waals surface area contributed by atoms with Crippen molar-refractivity contribution in [2.75, 3.05) is 31.1 Å². The van der Waals surface area contributed by atoms with Crippen LogP contribution in [0.25, 0.3) is 0 Å². The number of nitrogens with zero attached hydrogens (tertiary/aromatic N) is 3. The average Bonchev–Trinajstić information content (AvgIpc) is 3.21. The molecule has 26 heavy (non-hydrogen) atoms. The first-order chi connectivity index (χ1) is 12.6. The monoisotopic (exact) mass is 393 g/mol. The highest BCUT2D eigenvalue weighted by Gasteiger charge is 2.18. The molecule has 7 nitrogen and oxygen atoms in total. The predicted octanol–water partition coefficient (Wildman–Crippen LogP) is 2.34. The molecule has 0 spiro atoms. The van der Waals surface area contributed by atoms with E-state index < -0.39 is 0 Å². The van der Waals surface area contributed by atoms with Gasteiger partial charge in [0.2, 0.25) is 5.95 Å². The van der Waals surface area contributed by atoms with Crippen molar-refractivity contribution in [3.8, 4) is 0 Å². The summed E-state index contributed by atoms with van der Waals surface area (Å²) in [5.41, 5.74) is 0.159. The molecule has 2 amide bonds. The van der Waals surface area contributed by atoms with Crippen LogP contribution in [0.5, 0.6) is 0 Å². The number of piperidine rings is 1. The summed E-state index contributed by atoms with van der Waals surface area (Å²) in [6.07, 6.45) is 4.86. The maximum absolute atomic E-state index is 12.4. The fourth-order valence-corrected chi connectivity index (χ4v) is 3.51. The molecule has 0 aliphatic carbocycles. The third-order valence-electron chi connectivity index (χ3n) is 4.03. The van der Waals surface area contributed by atoms with Gasteiger partial charge in [-0.1, -0.05) is 17.7 Å². The minimum atomic E-state index is -0.374. The van der Waals surface area contributed by atoms with Crippen LogP contribution in [0.3, 0.4) is 0 Å². The van der Waals surface area contributed by atoms with E-state index in [9.17, 15) is 9.59 Å². The standard InChI is InChI=1S/C17H20ClN5O2S/c18-12-11-21-17(23-8-2-1-3-9-23)22-14(12)16(25)20-7-6-19-15(24)13-5-4-10-26-13/h4-5,10-11H,1-3,6-9H2,(H,19,24)(H,20,25). The number of hydrogen-bond acceptors (Lipinski definition) is 6. The summed E-state index contributed by atoms with van der Waals surface area (Å²) in [7, 11) is 0. The van der Waals surface area contributed by atoms with E-state index in [-0.39, 0.29) is 29.1 Å². The van der Waals surface area contributed by atoms with Gasteiger partial charge in [0.1, 0.15) is 0 Å². The average molecular weight is 394 g/mol. The Kier molecular flexibility index (Phi) is 6.40. The van der Waals surface area contributed by atoms with Crippen LogP contribution in [-0.2, 0) is 0 Å². The molecule has 3 heterocycles. The molecule has 1 aliphatic rings. The van der Waals surface area contributed by atoms with E-state index in [1.807, 2.05) is 11.4 Å². The van der Waals surface area contributed by atoms with E-state index in [0.717, 1.165) is 25.9 Å². The van der Waals surface area contributed by atoms with E-state index in [4.69, 9.17) is 11.6 Å². The van der Waals surface area contributed by atoms with E-state index >= 15 is 0 Å². The molecule has 0 aromatic carbocycles. The Morgan fingerprint density at radius 1 is 1.15 bits per heavy atom. The van der Waals surface area contributed by atoms with Gasteiger partial charge in [-0.15, -0.1) is 11.3 Å². The molecule has 9 heteroatoms. The molecular weight excluding hydrogens is 374 g/mol. The van der Waals surface area contributed by atoms with Gasteiger partial charge in [-0.05, 0) is 30.7 Å². The molecule has 0 bridgehead atoms. The summed E-state index contributed by atoms with van der Waals surface area (Å²) in [4.78, 5) is 35.5. The van der Waals surface area contributed by atoms with E-state index in [0.29, 0.717) is 17.4 Å². The SMILES string of the molecule is O=C(NCCNC(=O)c1nc(N2CCCCC2)ncc1Cl)c1cccs1. The Hall–Kier alpha value is -2.19. The highest BCUT2D eigenvalue weighted by molar-refractivity contribution is 7.12. The number of nitrogens with one attached hydrogen (secondary N) is 2. The van der Waals surface area contributed by atoms with Crippen LogP contribution >= 0.6 is 22.9 Å². The summed E-state index contributed by atoms with van der Waals surface area (Å²) in [6.45, 7) is 2.38. The fourth-order valence-electron chi connectivity index (χ4n) is 2.69. The van der Waals surface area contributed by atoms with E-state index in [1.165, 1.54) is 24.0 Å². The summed E-state index contributed by atoms with van der Waals surface area (Å²) in [5.74, 6) is 0.00739. The van der Waals surface area contributed by atoms with Crippen LogP contribution < -0.4 is 15.5 Å². The van der Waals surface area contributed by atoms with Crippen LogP contribution in [0, 0.1) is 0 Å². The van der Waals surface area contributed by atoms with Crippen LogP contribution in [-0.4, -0.2) is 48.0 Å². The first-order valence-electron chi connectivity index (χ1n) is 8.52. The first kappa shape index (κ1) is 18.6. The van der Waals surface area contributed by atoms with Crippen molar-refractivity contribution >= 4 is 40.7 Å². The smallest absolute Gasteiger partial charge is 0.271 e. The minimum Gasteiger partial charge on any atom is -0.350 e. The number of hydrogen-bond donors (Lipinski definition) is 2.